The van der Waals surface area contributed by atoms with Gasteiger partial charge in [0.25, 0.3) is 0 Å². The highest BCUT2D eigenvalue weighted by Gasteiger charge is 2.75. The molecule has 0 saturated heterocycles. The molecule has 0 aromatic heterocycles. The van der Waals surface area contributed by atoms with Crippen molar-refractivity contribution < 1.29 is 34.5 Å². The van der Waals surface area contributed by atoms with Crippen LogP contribution in [0.25, 0.3) is 0 Å². The van der Waals surface area contributed by atoms with Crippen LogP contribution in [0.5, 0.6) is 0 Å². The zero-order chi connectivity index (χ0) is 20.7. The summed E-state index contributed by atoms with van der Waals surface area (Å²) in [6, 6.07) is 0. The lowest BCUT2D eigenvalue weighted by atomic mass is 9.44. The number of aldehydes is 1. The van der Waals surface area contributed by atoms with E-state index in [4.69, 9.17) is 0 Å². The van der Waals surface area contributed by atoms with Gasteiger partial charge in [-0.1, -0.05) is 25.5 Å². The molecule has 7 heteroatoms. The van der Waals surface area contributed by atoms with Crippen molar-refractivity contribution in [2.45, 2.75) is 63.8 Å². The second kappa shape index (κ2) is 6.40. The summed E-state index contributed by atoms with van der Waals surface area (Å²) in [7, 11) is 0. The van der Waals surface area contributed by atoms with E-state index >= 15 is 4.39 Å². The van der Waals surface area contributed by atoms with Crippen molar-refractivity contribution in [3.63, 3.8) is 0 Å². The summed E-state index contributed by atoms with van der Waals surface area (Å²) in [5.41, 5.74) is -5.42. The van der Waals surface area contributed by atoms with Gasteiger partial charge in [-0.25, -0.2) is 4.39 Å². The maximum Gasteiger partial charge on any atom is 0.227 e. The lowest BCUT2D eigenvalue weighted by molar-refractivity contribution is -0.218. The molecule has 4 aliphatic rings. The molecule has 4 N–H and O–H groups in total. The molecule has 6 nitrogen and oxygen atoms in total. The normalized spacial score (nSPS) is 50.6. The van der Waals surface area contributed by atoms with Crippen LogP contribution in [-0.2, 0) is 14.4 Å². The van der Waals surface area contributed by atoms with Crippen molar-refractivity contribution in [3.05, 3.63) is 23.8 Å². The van der Waals surface area contributed by atoms with Crippen LogP contribution < -0.4 is 0 Å². The Labute approximate surface area is 169 Å². The molecule has 0 aromatic carbocycles. The van der Waals surface area contributed by atoms with E-state index < -0.39 is 45.8 Å². The molecule has 8 atom stereocenters. The number of Topliss-reactive ketones (excluding diaryl/α,β-unsaturated/α-hetero) is 1. The second-order valence-electron chi connectivity index (χ2n) is 9.65. The third-order valence-corrected chi connectivity index (χ3v) is 8.71. The number of hydrogen-bond acceptors (Lipinski definition) is 5. The van der Waals surface area contributed by atoms with E-state index in [-0.39, 0.29) is 29.9 Å². The monoisotopic (exact) mass is 408 g/mol. The Bertz CT molecular complexity index is 835. The van der Waals surface area contributed by atoms with Crippen molar-refractivity contribution >= 4 is 17.9 Å². The average molecular weight is 408 g/mol. The van der Waals surface area contributed by atoms with Gasteiger partial charge in [0.1, 0.15) is 5.60 Å². The molecule has 4 aliphatic carbocycles. The van der Waals surface area contributed by atoms with Crippen LogP contribution in [-0.4, -0.2) is 50.9 Å². The zero-order valence-electron chi connectivity index (χ0n) is 16.9. The second-order valence-corrected chi connectivity index (χ2v) is 9.65. The highest BCUT2D eigenvalue weighted by Crippen LogP contribution is 2.70. The van der Waals surface area contributed by atoms with Gasteiger partial charge < -0.3 is 15.7 Å². The number of carbonyl (C=O) groups excluding carboxylic acids is 3. The van der Waals surface area contributed by atoms with Crippen LogP contribution in [0.3, 0.4) is 0 Å². The predicted molar refractivity (Wildman–Crippen MR) is 103 cm³/mol. The fraction of sp³-hybridized carbons (Fsp3) is 0.682. The number of aliphatic hydroxyl groups is 2. The first-order valence-corrected chi connectivity index (χ1v) is 10.00. The number of fused-ring (bicyclic) bond motifs is 5. The van der Waals surface area contributed by atoms with Gasteiger partial charge >= 0.3 is 0 Å². The van der Waals surface area contributed by atoms with Crippen LogP contribution in [0, 0.1) is 28.6 Å². The molecule has 0 radical (unpaired) electrons. The van der Waals surface area contributed by atoms with E-state index in [9.17, 15) is 24.6 Å². The molecule has 0 amide bonds. The van der Waals surface area contributed by atoms with Crippen LogP contribution in [0.2, 0.25) is 0 Å². The lowest BCUT2D eigenvalue weighted by Crippen LogP contribution is -2.69. The molecule has 0 aromatic rings. The molecule has 0 spiro atoms. The van der Waals surface area contributed by atoms with Gasteiger partial charge in [0.15, 0.2) is 17.7 Å². The Morgan fingerprint density at radius 1 is 1.31 bits per heavy atom. The van der Waals surface area contributed by atoms with Gasteiger partial charge in [-0.05, 0) is 56.6 Å². The molecule has 160 valence electrons. The maximum absolute atomic E-state index is 16.8. The largest absolute Gasteiger partial charge is 0.412 e. The molecule has 0 bridgehead atoms. The zero-order valence-corrected chi connectivity index (χ0v) is 16.9. The number of carbonyl (C=O) groups is 3. The number of alkyl halides is 1. The number of halogens is 1. The number of allylic oxidation sites excluding steroid dienone is 4. The molecule has 3 fully saturated rings. The summed E-state index contributed by atoms with van der Waals surface area (Å²) in [5.74, 6) is -2.52. The van der Waals surface area contributed by atoms with E-state index in [0.29, 0.717) is 24.8 Å². The van der Waals surface area contributed by atoms with Crippen LogP contribution in [0.15, 0.2) is 23.8 Å². The Morgan fingerprint density at radius 3 is 2.59 bits per heavy atom. The molecule has 4 rings (SSSR count). The minimum atomic E-state index is -2.01. The topological polar surface area (TPSA) is 123 Å². The summed E-state index contributed by atoms with van der Waals surface area (Å²) in [5, 5.41) is 22.4. The number of hydrogen-bond donors (Lipinski definition) is 2. The minimum Gasteiger partial charge on any atom is -0.412 e. The van der Waals surface area contributed by atoms with Crippen molar-refractivity contribution in [1.82, 2.24) is 0 Å². The highest BCUT2D eigenvalue weighted by atomic mass is 19.1. The van der Waals surface area contributed by atoms with Crippen molar-refractivity contribution in [2.24, 2.45) is 28.6 Å². The fourth-order valence-corrected chi connectivity index (χ4v) is 7.16. The number of rotatable bonds is 2. The summed E-state index contributed by atoms with van der Waals surface area (Å²) >= 11 is 0. The molecule has 29 heavy (non-hydrogen) atoms. The highest BCUT2D eigenvalue weighted by molar-refractivity contribution is 6.29. The lowest BCUT2D eigenvalue weighted by Gasteiger charge is -2.62. The van der Waals surface area contributed by atoms with Crippen molar-refractivity contribution in [1.29, 1.82) is 0 Å². The maximum atomic E-state index is 16.8. The summed E-state index contributed by atoms with van der Waals surface area (Å²) in [6.45, 7) is 5.15. The van der Waals surface area contributed by atoms with Gasteiger partial charge in [-0.3, -0.25) is 14.4 Å². The summed E-state index contributed by atoms with van der Waals surface area (Å²) in [6.07, 6.45) is 4.37. The molecular formula is C22H29FO6. The van der Waals surface area contributed by atoms with Crippen LogP contribution >= 0.6 is 0 Å². The molecule has 0 aliphatic heterocycles. The Morgan fingerprint density at radius 2 is 1.97 bits per heavy atom. The summed E-state index contributed by atoms with van der Waals surface area (Å²) in [4.78, 5) is 35.5. The smallest absolute Gasteiger partial charge is 0.227 e. The van der Waals surface area contributed by atoms with E-state index in [2.05, 4.69) is 0 Å². The number of aliphatic hydroxyl groups excluding tert-OH is 1. The van der Waals surface area contributed by atoms with E-state index in [1.807, 2.05) is 0 Å². The molecular weight excluding hydrogens is 379 g/mol. The van der Waals surface area contributed by atoms with Crippen molar-refractivity contribution in [2.75, 3.05) is 0 Å². The minimum absolute atomic E-state index is 0. The van der Waals surface area contributed by atoms with Gasteiger partial charge in [-0.15, -0.1) is 0 Å². The Hall–Kier alpha value is -1.70. The fourth-order valence-electron chi connectivity index (χ4n) is 7.16. The van der Waals surface area contributed by atoms with Gasteiger partial charge in [-0.2, -0.15) is 0 Å². The van der Waals surface area contributed by atoms with E-state index in [1.165, 1.54) is 12.2 Å². The van der Waals surface area contributed by atoms with Crippen LogP contribution in [0.4, 0.5) is 4.39 Å². The molecule has 0 unspecified atom stereocenters. The SMILES string of the molecule is C[C@@H]1C[C@H]2[C@@H]3CCC4=CC(=O)C=C[C@]4(C)[C@@]3(F)[C@@H](O)C[C@]2(C)[C@@]1(O)C(=O)C=O.O. The molecule has 3 saturated carbocycles. The summed E-state index contributed by atoms with van der Waals surface area (Å²) < 4.78 is 16.8. The third-order valence-electron chi connectivity index (χ3n) is 8.71. The first-order valence-electron chi connectivity index (χ1n) is 10.00. The van der Waals surface area contributed by atoms with Gasteiger partial charge in [0.2, 0.25) is 5.78 Å². The van der Waals surface area contributed by atoms with Gasteiger partial charge in [0, 0.05) is 16.7 Å². The van der Waals surface area contributed by atoms with E-state index in [0.717, 1.165) is 0 Å². The number of ketones is 2. The first kappa shape index (κ1) is 22.0. The van der Waals surface area contributed by atoms with E-state index in [1.54, 1.807) is 26.8 Å². The quantitative estimate of drug-likeness (QED) is 0.526. The standard InChI is InChI=1S/C22H27FO5.H2O/c1-12-8-16-15-5-4-13-9-14(25)6-7-19(13,2)21(15,23)17(26)10-20(16,3)22(12,28)18(27)11-24;/h6-7,9,11-12,15-17,26,28H,4-5,8,10H2,1-3H3;1H2/t12-,15+,16+,17+,19+,20+,21+,22+;/m1./s1. The average Bonchev–Trinajstić information content (AvgIpc) is 2.84. The Balaban J connectivity index is 0.00000240. The third kappa shape index (κ3) is 2.29. The van der Waals surface area contributed by atoms with Gasteiger partial charge in [0.05, 0.1) is 6.10 Å². The Kier molecular flexibility index (Phi) is 4.85. The first-order chi connectivity index (χ1) is 13.0. The molecule has 0 heterocycles. The van der Waals surface area contributed by atoms with Crippen molar-refractivity contribution in [3.8, 4) is 0 Å². The van der Waals surface area contributed by atoms with Crippen LogP contribution in [0.1, 0.15) is 46.5 Å². The predicted octanol–water partition coefficient (Wildman–Crippen LogP) is 1.28.